The van der Waals surface area contributed by atoms with Gasteiger partial charge in [-0.1, -0.05) is 0 Å². The van der Waals surface area contributed by atoms with Crippen LogP contribution in [0.3, 0.4) is 0 Å². The summed E-state index contributed by atoms with van der Waals surface area (Å²) in [5.41, 5.74) is 0.479. The zero-order valence-corrected chi connectivity index (χ0v) is 12.4. The first-order valence-electron chi connectivity index (χ1n) is 6.72. The normalized spacial score (nSPS) is 10.7. The van der Waals surface area contributed by atoms with Gasteiger partial charge in [-0.15, -0.1) is 0 Å². The van der Waals surface area contributed by atoms with Crippen LogP contribution in [0, 0.1) is 0 Å². The van der Waals surface area contributed by atoms with Crippen molar-refractivity contribution in [2.45, 2.75) is 26.4 Å². The second kappa shape index (κ2) is 6.30. The minimum Gasteiger partial charge on any atom is -0.497 e. The van der Waals surface area contributed by atoms with Gasteiger partial charge >= 0.3 is 5.69 Å². The number of benzene rings is 1. The predicted molar refractivity (Wildman–Crippen MR) is 80.7 cm³/mol. The Morgan fingerprint density at radius 2 is 1.90 bits per heavy atom. The van der Waals surface area contributed by atoms with Gasteiger partial charge in [-0.25, -0.2) is 4.79 Å². The molecule has 0 aliphatic heterocycles. The van der Waals surface area contributed by atoms with Crippen LogP contribution in [0.5, 0.6) is 5.75 Å². The Kier molecular flexibility index (Phi) is 4.47. The van der Waals surface area contributed by atoms with Crippen molar-refractivity contribution >= 4 is 11.6 Å². The van der Waals surface area contributed by atoms with E-state index in [4.69, 9.17) is 4.74 Å². The fraction of sp³-hybridized carbons (Fsp3) is 0.333. The van der Waals surface area contributed by atoms with Crippen molar-refractivity contribution < 1.29 is 9.53 Å². The lowest BCUT2D eigenvalue weighted by Gasteiger charge is -2.07. The van der Waals surface area contributed by atoms with Crippen molar-refractivity contribution in [3.63, 3.8) is 0 Å². The molecule has 0 aliphatic carbocycles. The summed E-state index contributed by atoms with van der Waals surface area (Å²) in [6, 6.07) is 7.09. The maximum Gasteiger partial charge on any atom is 0.328 e. The average Bonchev–Trinajstić information content (AvgIpc) is 2.81. The monoisotopic (exact) mass is 289 g/mol. The van der Waals surface area contributed by atoms with Crippen molar-refractivity contribution in [3.05, 3.63) is 47.1 Å². The second-order valence-electron chi connectivity index (χ2n) is 4.99. The summed E-state index contributed by atoms with van der Waals surface area (Å²) in [5.74, 6) is 0.474. The van der Waals surface area contributed by atoms with Gasteiger partial charge in [0.15, 0.2) is 0 Å². The molecular weight excluding hydrogens is 270 g/mol. The number of ether oxygens (including phenoxy) is 1. The number of anilines is 1. The number of aromatic nitrogens is 2. The number of hydrogen-bond donors (Lipinski definition) is 1. The van der Waals surface area contributed by atoms with Crippen molar-refractivity contribution in [1.82, 2.24) is 9.13 Å². The number of rotatable bonds is 5. The summed E-state index contributed by atoms with van der Waals surface area (Å²) in [7, 11) is 1.58. The summed E-state index contributed by atoms with van der Waals surface area (Å²) in [5, 5.41) is 2.74. The molecular formula is C15H19N3O3. The lowest BCUT2D eigenvalue weighted by atomic mass is 10.3. The number of carbonyl (C=O) groups excluding carboxylic acids is 1. The van der Waals surface area contributed by atoms with Crippen LogP contribution in [-0.2, 0) is 11.3 Å². The van der Waals surface area contributed by atoms with E-state index < -0.39 is 0 Å². The molecule has 1 aromatic carbocycles. The Morgan fingerprint density at radius 3 is 2.43 bits per heavy atom. The number of carbonyl (C=O) groups is 1. The van der Waals surface area contributed by atoms with E-state index in [9.17, 15) is 9.59 Å². The summed E-state index contributed by atoms with van der Waals surface area (Å²) >= 11 is 0. The fourth-order valence-corrected chi connectivity index (χ4v) is 1.97. The van der Waals surface area contributed by atoms with E-state index >= 15 is 0 Å². The number of nitrogens with one attached hydrogen (secondary N) is 1. The molecule has 0 spiro atoms. The standard InChI is InChI=1S/C15H19N3O3/c1-11(2)18-9-8-17(15(18)20)10-14(19)16-12-4-6-13(21-3)7-5-12/h4-9,11H,10H2,1-3H3,(H,16,19). The van der Waals surface area contributed by atoms with Crippen molar-refractivity contribution in [1.29, 1.82) is 0 Å². The molecule has 6 heteroatoms. The molecule has 2 aromatic rings. The predicted octanol–water partition coefficient (Wildman–Crippen LogP) is 1.88. The molecule has 0 radical (unpaired) electrons. The SMILES string of the molecule is COc1ccc(NC(=O)Cn2ccn(C(C)C)c2=O)cc1. The van der Waals surface area contributed by atoms with E-state index in [0.717, 1.165) is 5.75 Å². The van der Waals surface area contributed by atoms with Crippen molar-refractivity contribution in [3.8, 4) is 5.75 Å². The van der Waals surface area contributed by atoms with Gasteiger partial charge in [0.2, 0.25) is 5.91 Å². The lowest BCUT2D eigenvalue weighted by molar-refractivity contribution is -0.116. The Balaban J connectivity index is 2.03. The summed E-state index contributed by atoms with van der Waals surface area (Å²) in [4.78, 5) is 24.0. The van der Waals surface area contributed by atoms with Gasteiger partial charge in [-0.05, 0) is 38.1 Å². The van der Waals surface area contributed by atoms with Gasteiger partial charge in [-0.2, -0.15) is 0 Å². The highest BCUT2D eigenvalue weighted by Crippen LogP contribution is 2.14. The lowest BCUT2D eigenvalue weighted by Crippen LogP contribution is -2.29. The summed E-state index contributed by atoms with van der Waals surface area (Å²) in [6.07, 6.45) is 3.31. The first-order valence-corrected chi connectivity index (χ1v) is 6.72. The van der Waals surface area contributed by atoms with Gasteiger partial charge in [0.05, 0.1) is 7.11 Å². The number of amides is 1. The zero-order chi connectivity index (χ0) is 15.4. The Hall–Kier alpha value is -2.50. The molecule has 0 bridgehead atoms. The van der Waals surface area contributed by atoms with E-state index in [1.54, 1.807) is 48.3 Å². The molecule has 2 rings (SSSR count). The largest absolute Gasteiger partial charge is 0.497 e. The molecule has 0 saturated heterocycles. The molecule has 6 nitrogen and oxygen atoms in total. The van der Waals surface area contributed by atoms with Crippen LogP contribution in [0.1, 0.15) is 19.9 Å². The Morgan fingerprint density at radius 1 is 1.24 bits per heavy atom. The first-order chi connectivity index (χ1) is 10.0. The van der Waals surface area contributed by atoms with Crippen LogP contribution in [0.15, 0.2) is 41.5 Å². The van der Waals surface area contributed by atoms with E-state index in [-0.39, 0.29) is 24.2 Å². The molecule has 1 N–H and O–H groups in total. The Labute approximate surface area is 123 Å². The molecule has 1 amide bonds. The van der Waals surface area contributed by atoms with Crippen molar-refractivity contribution in [2.75, 3.05) is 12.4 Å². The van der Waals surface area contributed by atoms with E-state index in [0.29, 0.717) is 5.69 Å². The molecule has 0 unspecified atom stereocenters. The fourth-order valence-electron chi connectivity index (χ4n) is 1.97. The highest BCUT2D eigenvalue weighted by atomic mass is 16.5. The van der Waals surface area contributed by atoms with E-state index in [1.165, 1.54) is 4.57 Å². The molecule has 1 aromatic heterocycles. The molecule has 0 fully saturated rings. The van der Waals surface area contributed by atoms with E-state index in [1.807, 2.05) is 13.8 Å². The quantitative estimate of drug-likeness (QED) is 0.914. The minimum absolute atomic E-state index is 0.00934. The number of hydrogen-bond acceptors (Lipinski definition) is 3. The maximum absolute atomic E-state index is 12.0. The third-order valence-electron chi connectivity index (χ3n) is 3.12. The average molecular weight is 289 g/mol. The summed E-state index contributed by atoms with van der Waals surface area (Å²) < 4.78 is 8.02. The van der Waals surface area contributed by atoms with Gasteiger partial charge in [0.25, 0.3) is 0 Å². The third kappa shape index (κ3) is 3.53. The molecule has 0 aliphatic rings. The third-order valence-corrected chi connectivity index (χ3v) is 3.12. The molecule has 0 saturated carbocycles. The molecule has 112 valence electrons. The van der Waals surface area contributed by atoms with Crippen LogP contribution >= 0.6 is 0 Å². The first kappa shape index (κ1) is 14.9. The van der Waals surface area contributed by atoms with Gasteiger partial charge in [0, 0.05) is 24.1 Å². The van der Waals surface area contributed by atoms with Crippen LogP contribution in [0.25, 0.3) is 0 Å². The topological polar surface area (TPSA) is 65.3 Å². The van der Waals surface area contributed by atoms with Crippen molar-refractivity contribution in [2.24, 2.45) is 0 Å². The smallest absolute Gasteiger partial charge is 0.328 e. The maximum atomic E-state index is 12.0. The summed E-state index contributed by atoms with van der Waals surface area (Å²) in [6.45, 7) is 3.83. The Bertz CT molecular complexity index is 668. The number of nitrogens with zero attached hydrogens (tertiary/aromatic N) is 2. The van der Waals surface area contributed by atoms with Crippen LogP contribution in [0.4, 0.5) is 5.69 Å². The minimum atomic E-state index is -0.247. The highest BCUT2D eigenvalue weighted by Gasteiger charge is 2.09. The van der Waals surface area contributed by atoms with Crippen LogP contribution in [-0.4, -0.2) is 22.2 Å². The van der Waals surface area contributed by atoms with Crippen LogP contribution in [0.2, 0.25) is 0 Å². The van der Waals surface area contributed by atoms with Gasteiger partial charge in [-0.3, -0.25) is 13.9 Å². The van der Waals surface area contributed by atoms with E-state index in [2.05, 4.69) is 5.32 Å². The second-order valence-corrected chi connectivity index (χ2v) is 4.99. The molecule has 1 heterocycles. The zero-order valence-electron chi connectivity index (χ0n) is 12.4. The number of imidazole rings is 1. The molecule has 21 heavy (non-hydrogen) atoms. The highest BCUT2D eigenvalue weighted by molar-refractivity contribution is 5.90. The van der Waals surface area contributed by atoms with Gasteiger partial charge < -0.3 is 10.1 Å². The molecule has 0 atom stereocenters. The number of methoxy groups -OCH3 is 1. The van der Waals surface area contributed by atoms with Gasteiger partial charge in [0.1, 0.15) is 12.3 Å². The van der Waals surface area contributed by atoms with Crippen LogP contribution < -0.4 is 15.7 Å².